The summed E-state index contributed by atoms with van der Waals surface area (Å²) in [6.45, 7) is 1.81. The van der Waals surface area contributed by atoms with E-state index in [1.807, 2.05) is 6.92 Å². The van der Waals surface area contributed by atoms with Gasteiger partial charge in [-0.2, -0.15) is 0 Å². The van der Waals surface area contributed by atoms with E-state index in [4.69, 9.17) is 11.6 Å². The number of sulfone groups is 1. The van der Waals surface area contributed by atoms with Gasteiger partial charge in [0, 0.05) is 12.4 Å². The van der Waals surface area contributed by atoms with E-state index in [0.717, 1.165) is 0 Å². The average molecular weight is 337 g/mol. The highest BCUT2D eigenvalue weighted by Gasteiger charge is 2.23. The van der Waals surface area contributed by atoms with Gasteiger partial charge < -0.3 is 0 Å². The van der Waals surface area contributed by atoms with Crippen molar-refractivity contribution in [3.05, 3.63) is 41.7 Å². The molecule has 3 rings (SSSR count). The molecule has 0 aliphatic heterocycles. The van der Waals surface area contributed by atoms with E-state index in [9.17, 15) is 8.42 Å². The monoisotopic (exact) mass is 336 g/mol. The Hall–Kier alpha value is -1.99. The van der Waals surface area contributed by atoms with Crippen molar-refractivity contribution in [2.24, 2.45) is 0 Å². The number of nitrogens with zero attached hydrogens (tertiary/aromatic N) is 4. The predicted octanol–water partition coefficient (Wildman–Crippen LogP) is 2.63. The van der Waals surface area contributed by atoms with Crippen molar-refractivity contribution in [1.29, 1.82) is 0 Å². The third-order valence-corrected chi connectivity index (χ3v) is 5.23. The van der Waals surface area contributed by atoms with Gasteiger partial charge in [0.25, 0.3) is 0 Å². The summed E-state index contributed by atoms with van der Waals surface area (Å²) in [5.41, 5.74) is 1.01. The fraction of sp³-hybridized carbons (Fsp3) is 0.214. The minimum Gasteiger partial charge on any atom is -0.281 e. The highest BCUT2D eigenvalue weighted by molar-refractivity contribution is 7.91. The van der Waals surface area contributed by atoms with Crippen LogP contribution in [0.15, 0.2) is 41.7 Å². The molecule has 3 aromatic rings. The van der Waals surface area contributed by atoms with Crippen molar-refractivity contribution in [3.63, 3.8) is 0 Å². The highest BCUT2D eigenvalue weighted by Crippen LogP contribution is 2.26. The third kappa shape index (κ3) is 2.57. The van der Waals surface area contributed by atoms with Gasteiger partial charge in [-0.15, -0.1) is 10.2 Å². The Morgan fingerprint density at radius 1 is 1.23 bits per heavy atom. The Morgan fingerprint density at radius 2 is 2.05 bits per heavy atom. The molecule has 0 saturated carbocycles. The maximum absolute atomic E-state index is 12.4. The molecule has 114 valence electrons. The third-order valence-electron chi connectivity index (χ3n) is 3.15. The number of hydrogen-bond donors (Lipinski definition) is 0. The summed E-state index contributed by atoms with van der Waals surface area (Å²) in [4.78, 5) is 4.05. The van der Waals surface area contributed by atoms with Gasteiger partial charge in [0.05, 0.1) is 16.3 Å². The summed E-state index contributed by atoms with van der Waals surface area (Å²) < 4.78 is 26.5. The average Bonchev–Trinajstić information content (AvgIpc) is 2.90. The minimum atomic E-state index is -3.47. The van der Waals surface area contributed by atoms with E-state index in [2.05, 4.69) is 15.2 Å². The van der Waals surface area contributed by atoms with E-state index in [0.29, 0.717) is 28.5 Å². The Labute approximate surface area is 132 Å². The van der Waals surface area contributed by atoms with Gasteiger partial charge in [0.2, 0.25) is 0 Å². The smallest absolute Gasteiger partial charge is 0.196 e. The van der Waals surface area contributed by atoms with E-state index in [1.165, 1.54) is 6.20 Å². The Bertz CT molecular complexity index is 937. The molecule has 6 nitrogen and oxygen atoms in total. The summed E-state index contributed by atoms with van der Waals surface area (Å²) >= 11 is 6.00. The SMILES string of the molecule is CCCS(=O)(=O)c1ncccc1-c1nnc2ccc(Cl)cn12. The molecular weight excluding hydrogens is 324 g/mol. The fourth-order valence-electron chi connectivity index (χ4n) is 2.22. The lowest BCUT2D eigenvalue weighted by atomic mass is 10.2. The lowest BCUT2D eigenvalue weighted by molar-refractivity contribution is 0.591. The van der Waals surface area contributed by atoms with Crippen molar-refractivity contribution in [2.75, 3.05) is 5.75 Å². The first-order chi connectivity index (χ1) is 10.5. The van der Waals surface area contributed by atoms with Crippen LogP contribution in [0.3, 0.4) is 0 Å². The predicted molar refractivity (Wildman–Crippen MR) is 83.6 cm³/mol. The first kappa shape index (κ1) is 14.9. The zero-order valence-electron chi connectivity index (χ0n) is 11.8. The largest absolute Gasteiger partial charge is 0.281 e. The number of rotatable bonds is 4. The molecule has 0 bridgehead atoms. The van der Waals surface area contributed by atoms with Gasteiger partial charge >= 0.3 is 0 Å². The van der Waals surface area contributed by atoms with Crippen molar-refractivity contribution in [1.82, 2.24) is 19.6 Å². The van der Waals surface area contributed by atoms with Crippen LogP contribution < -0.4 is 0 Å². The van der Waals surface area contributed by atoms with Gasteiger partial charge in [0.1, 0.15) is 0 Å². The van der Waals surface area contributed by atoms with Gasteiger partial charge in [-0.05, 0) is 30.7 Å². The van der Waals surface area contributed by atoms with E-state index >= 15 is 0 Å². The first-order valence-electron chi connectivity index (χ1n) is 6.71. The fourth-order valence-corrected chi connectivity index (χ4v) is 3.83. The number of aromatic nitrogens is 4. The molecule has 22 heavy (non-hydrogen) atoms. The summed E-state index contributed by atoms with van der Waals surface area (Å²) in [5, 5.41) is 8.66. The summed E-state index contributed by atoms with van der Waals surface area (Å²) in [7, 11) is -3.47. The molecule has 0 amide bonds. The molecule has 0 saturated heterocycles. The Kier molecular flexibility index (Phi) is 3.84. The molecule has 3 heterocycles. The molecular formula is C14H13ClN4O2S. The highest BCUT2D eigenvalue weighted by atomic mass is 35.5. The van der Waals surface area contributed by atoms with Crippen LogP contribution in [0.4, 0.5) is 0 Å². The molecule has 0 N–H and O–H groups in total. The van der Waals surface area contributed by atoms with E-state index < -0.39 is 9.84 Å². The maximum Gasteiger partial charge on any atom is 0.196 e. The second-order valence-electron chi connectivity index (χ2n) is 4.77. The van der Waals surface area contributed by atoms with Crippen LogP contribution in [0.5, 0.6) is 0 Å². The molecule has 0 fully saturated rings. The molecule has 3 aromatic heterocycles. The van der Waals surface area contributed by atoms with Crippen LogP contribution >= 0.6 is 11.6 Å². The molecule has 0 spiro atoms. The lowest BCUT2D eigenvalue weighted by Crippen LogP contribution is -2.10. The van der Waals surface area contributed by atoms with Crippen LogP contribution in [0.1, 0.15) is 13.3 Å². The first-order valence-corrected chi connectivity index (χ1v) is 8.74. The van der Waals surface area contributed by atoms with Crippen LogP contribution in [0.25, 0.3) is 17.0 Å². The molecule has 8 heteroatoms. The number of pyridine rings is 2. The van der Waals surface area contributed by atoms with Crippen molar-refractivity contribution in [2.45, 2.75) is 18.4 Å². The number of fused-ring (bicyclic) bond motifs is 1. The van der Waals surface area contributed by atoms with Gasteiger partial charge in [-0.1, -0.05) is 18.5 Å². The lowest BCUT2D eigenvalue weighted by Gasteiger charge is -2.07. The second-order valence-corrected chi connectivity index (χ2v) is 7.23. The van der Waals surface area contributed by atoms with E-state index in [1.54, 1.807) is 34.9 Å². The maximum atomic E-state index is 12.4. The zero-order chi connectivity index (χ0) is 15.7. The van der Waals surface area contributed by atoms with Gasteiger partial charge in [-0.25, -0.2) is 13.4 Å². The van der Waals surface area contributed by atoms with Crippen molar-refractivity contribution in [3.8, 4) is 11.4 Å². The normalized spacial score (nSPS) is 11.9. The molecule has 0 radical (unpaired) electrons. The molecule has 0 aliphatic rings. The standard InChI is InChI=1S/C14H13ClN4O2S/c1-2-8-22(20,21)14-11(4-3-7-16-14)13-18-17-12-6-5-10(15)9-19(12)13/h3-7,9H,2,8H2,1H3. The second kappa shape index (κ2) is 5.66. The Balaban J connectivity index is 2.26. The molecule has 0 unspecified atom stereocenters. The van der Waals surface area contributed by atoms with Gasteiger partial charge in [0.15, 0.2) is 26.3 Å². The van der Waals surface area contributed by atoms with Crippen LogP contribution in [-0.4, -0.2) is 33.8 Å². The summed E-state index contributed by atoms with van der Waals surface area (Å²) in [6.07, 6.45) is 3.63. The van der Waals surface area contributed by atoms with Crippen molar-refractivity contribution >= 4 is 27.1 Å². The van der Waals surface area contributed by atoms with Gasteiger partial charge in [-0.3, -0.25) is 4.40 Å². The topological polar surface area (TPSA) is 77.2 Å². The zero-order valence-corrected chi connectivity index (χ0v) is 13.3. The molecule has 0 atom stereocenters. The van der Waals surface area contributed by atoms with Crippen molar-refractivity contribution < 1.29 is 8.42 Å². The Morgan fingerprint density at radius 3 is 2.82 bits per heavy atom. The molecule has 0 aliphatic carbocycles. The van der Waals surface area contributed by atoms with E-state index in [-0.39, 0.29) is 10.8 Å². The van der Waals surface area contributed by atoms with Crippen LogP contribution in [0, 0.1) is 0 Å². The van der Waals surface area contributed by atoms with Crippen LogP contribution in [-0.2, 0) is 9.84 Å². The summed E-state index contributed by atoms with van der Waals surface area (Å²) in [6, 6.07) is 6.77. The minimum absolute atomic E-state index is 0.0196. The van der Waals surface area contributed by atoms with Crippen LogP contribution in [0.2, 0.25) is 5.02 Å². The quantitative estimate of drug-likeness (QED) is 0.732. The number of halogens is 1. The number of hydrogen-bond acceptors (Lipinski definition) is 5. The molecule has 0 aromatic carbocycles. The summed E-state index contributed by atoms with van der Waals surface area (Å²) in [5.74, 6) is 0.439.